The van der Waals surface area contributed by atoms with Crippen molar-refractivity contribution in [1.82, 2.24) is 0 Å². The van der Waals surface area contributed by atoms with Crippen molar-refractivity contribution in [3.8, 4) is 16.9 Å². The number of carbonyl (C=O) groups is 1. The van der Waals surface area contributed by atoms with Crippen molar-refractivity contribution in [3.63, 3.8) is 0 Å². The maximum absolute atomic E-state index is 12.1. The van der Waals surface area contributed by atoms with Crippen molar-refractivity contribution in [2.24, 2.45) is 0 Å². The van der Waals surface area contributed by atoms with Crippen molar-refractivity contribution in [2.45, 2.75) is 6.92 Å². The summed E-state index contributed by atoms with van der Waals surface area (Å²) in [5, 5.41) is 12.0. The Morgan fingerprint density at radius 3 is 2.32 bits per heavy atom. The first-order valence-electron chi connectivity index (χ1n) is 7.19. The molecule has 22 heavy (non-hydrogen) atoms. The van der Waals surface area contributed by atoms with Gasteiger partial charge in [-0.3, -0.25) is 0 Å². The Morgan fingerprint density at radius 2 is 1.64 bits per heavy atom. The van der Waals surface area contributed by atoms with Crippen LogP contribution in [0.1, 0.15) is 17.3 Å². The molecule has 0 amide bonds. The maximum atomic E-state index is 12.1. The minimum absolute atomic E-state index is 0.0593. The van der Waals surface area contributed by atoms with Gasteiger partial charge < -0.3 is 9.84 Å². The minimum atomic E-state index is -0.504. The van der Waals surface area contributed by atoms with Crippen LogP contribution < -0.4 is 0 Å². The summed E-state index contributed by atoms with van der Waals surface area (Å²) >= 11 is 0. The number of esters is 1. The summed E-state index contributed by atoms with van der Waals surface area (Å²) < 4.78 is 5.06. The molecule has 0 radical (unpaired) electrons. The second kappa shape index (κ2) is 5.90. The number of rotatable bonds is 3. The van der Waals surface area contributed by atoms with E-state index in [0.717, 1.165) is 16.5 Å². The summed E-state index contributed by atoms with van der Waals surface area (Å²) in [5.74, 6) is -0.563. The number of aromatic hydroxyl groups is 1. The number of hydrogen-bond donors (Lipinski definition) is 1. The number of benzene rings is 3. The van der Waals surface area contributed by atoms with E-state index in [0.29, 0.717) is 5.39 Å². The predicted octanol–water partition coefficient (Wildman–Crippen LogP) is 4.39. The van der Waals surface area contributed by atoms with Gasteiger partial charge in [-0.05, 0) is 29.5 Å². The van der Waals surface area contributed by atoms with Crippen LogP contribution >= 0.6 is 0 Å². The summed E-state index contributed by atoms with van der Waals surface area (Å²) in [6.45, 7) is 2.02. The topological polar surface area (TPSA) is 46.5 Å². The Bertz CT molecular complexity index is 823. The van der Waals surface area contributed by atoms with Crippen molar-refractivity contribution in [1.29, 1.82) is 0 Å². The first-order chi connectivity index (χ1) is 10.7. The fourth-order valence-corrected chi connectivity index (χ4v) is 2.63. The van der Waals surface area contributed by atoms with Gasteiger partial charge >= 0.3 is 5.97 Å². The number of fused-ring (bicyclic) bond motifs is 1. The van der Waals surface area contributed by atoms with Gasteiger partial charge in [0.2, 0.25) is 0 Å². The normalized spacial score (nSPS) is 10.6. The molecule has 0 spiro atoms. The van der Waals surface area contributed by atoms with Crippen LogP contribution in [0.2, 0.25) is 0 Å². The first kappa shape index (κ1) is 14.1. The highest BCUT2D eigenvalue weighted by Gasteiger charge is 2.19. The van der Waals surface area contributed by atoms with Gasteiger partial charge in [-0.15, -0.1) is 0 Å². The second-order valence-corrected chi connectivity index (χ2v) is 4.95. The van der Waals surface area contributed by atoms with Crippen LogP contribution in [0.3, 0.4) is 0 Å². The molecule has 3 nitrogen and oxygen atoms in total. The first-order valence-corrected chi connectivity index (χ1v) is 7.19. The van der Waals surface area contributed by atoms with E-state index < -0.39 is 5.97 Å². The summed E-state index contributed by atoms with van der Waals surface area (Å²) in [4.78, 5) is 12.1. The van der Waals surface area contributed by atoms with Crippen LogP contribution in [0.4, 0.5) is 0 Å². The predicted molar refractivity (Wildman–Crippen MR) is 87.0 cm³/mol. The third kappa shape index (κ3) is 2.42. The van der Waals surface area contributed by atoms with E-state index in [1.54, 1.807) is 13.0 Å². The standard InChI is InChI=1S/C19H16O3/c1-2-22-19(21)18-15-11-7-6-10-14(15)16(12-17(18)20)13-8-4-3-5-9-13/h3-12,20H,2H2,1H3. The summed E-state index contributed by atoms with van der Waals surface area (Å²) in [7, 11) is 0. The third-order valence-corrected chi connectivity index (χ3v) is 3.59. The van der Waals surface area contributed by atoms with Crippen LogP contribution in [0.5, 0.6) is 5.75 Å². The number of phenolic OH excluding ortho intramolecular Hbond substituents is 1. The summed E-state index contributed by atoms with van der Waals surface area (Å²) in [5.41, 5.74) is 2.10. The molecule has 0 atom stereocenters. The lowest BCUT2D eigenvalue weighted by Gasteiger charge is -2.13. The number of ether oxygens (including phenoxy) is 1. The largest absolute Gasteiger partial charge is 0.507 e. The Kier molecular flexibility index (Phi) is 3.79. The van der Waals surface area contributed by atoms with E-state index in [2.05, 4.69) is 0 Å². The molecule has 0 aliphatic carbocycles. The van der Waals surface area contributed by atoms with Crippen molar-refractivity contribution in [2.75, 3.05) is 6.61 Å². The SMILES string of the molecule is CCOC(=O)c1c(O)cc(-c2ccccc2)c2ccccc12. The van der Waals surface area contributed by atoms with Gasteiger partial charge in [-0.2, -0.15) is 0 Å². The molecule has 3 aromatic rings. The molecule has 110 valence electrons. The smallest absolute Gasteiger partial charge is 0.342 e. The van der Waals surface area contributed by atoms with Gasteiger partial charge in [-0.1, -0.05) is 54.6 Å². The highest BCUT2D eigenvalue weighted by molar-refractivity contribution is 6.11. The molecular formula is C19H16O3. The molecule has 0 heterocycles. The van der Waals surface area contributed by atoms with Crippen molar-refractivity contribution < 1.29 is 14.6 Å². The molecule has 0 unspecified atom stereocenters. The molecular weight excluding hydrogens is 276 g/mol. The molecule has 0 fully saturated rings. The number of carbonyl (C=O) groups excluding carboxylic acids is 1. The Morgan fingerprint density at radius 1 is 1.00 bits per heavy atom. The lowest BCUT2D eigenvalue weighted by atomic mass is 9.94. The van der Waals surface area contributed by atoms with Crippen LogP contribution in [0.15, 0.2) is 60.7 Å². The monoisotopic (exact) mass is 292 g/mol. The Balaban J connectivity index is 2.30. The minimum Gasteiger partial charge on any atom is -0.507 e. The van der Waals surface area contributed by atoms with E-state index in [1.807, 2.05) is 54.6 Å². The molecule has 3 rings (SSSR count). The average Bonchev–Trinajstić information content (AvgIpc) is 2.55. The molecule has 0 aromatic heterocycles. The Hall–Kier alpha value is -2.81. The van der Waals surface area contributed by atoms with E-state index in [1.165, 1.54) is 0 Å². The van der Waals surface area contributed by atoms with E-state index in [-0.39, 0.29) is 17.9 Å². The zero-order valence-corrected chi connectivity index (χ0v) is 12.2. The van der Waals surface area contributed by atoms with E-state index in [9.17, 15) is 9.90 Å². The van der Waals surface area contributed by atoms with Crippen molar-refractivity contribution >= 4 is 16.7 Å². The van der Waals surface area contributed by atoms with Crippen LogP contribution in [0.25, 0.3) is 21.9 Å². The zero-order valence-electron chi connectivity index (χ0n) is 12.2. The molecule has 0 aliphatic heterocycles. The summed E-state index contributed by atoms with van der Waals surface area (Å²) in [6.07, 6.45) is 0. The zero-order chi connectivity index (χ0) is 15.5. The van der Waals surface area contributed by atoms with Gasteiger partial charge in [0.1, 0.15) is 11.3 Å². The fraction of sp³-hybridized carbons (Fsp3) is 0.105. The lowest BCUT2D eigenvalue weighted by molar-refractivity contribution is 0.0525. The fourth-order valence-electron chi connectivity index (χ4n) is 2.63. The molecule has 0 saturated heterocycles. The van der Waals surface area contributed by atoms with Crippen molar-refractivity contribution in [3.05, 3.63) is 66.2 Å². The quantitative estimate of drug-likeness (QED) is 0.728. The van der Waals surface area contributed by atoms with E-state index in [4.69, 9.17) is 4.74 Å². The Labute approximate surface area is 128 Å². The molecule has 3 heteroatoms. The highest BCUT2D eigenvalue weighted by atomic mass is 16.5. The lowest BCUT2D eigenvalue weighted by Crippen LogP contribution is -2.06. The van der Waals surface area contributed by atoms with Gasteiger partial charge in [0, 0.05) is 5.39 Å². The van der Waals surface area contributed by atoms with Crippen LogP contribution in [-0.4, -0.2) is 17.7 Å². The average molecular weight is 292 g/mol. The number of hydrogen-bond acceptors (Lipinski definition) is 3. The molecule has 1 N–H and O–H groups in total. The molecule has 3 aromatic carbocycles. The van der Waals surface area contributed by atoms with Crippen LogP contribution in [0, 0.1) is 0 Å². The van der Waals surface area contributed by atoms with Gasteiger partial charge in [-0.25, -0.2) is 4.79 Å². The van der Waals surface area contributed by atoms with Crippen LogP contribution in [-0.2, 0) is 4.74 Å². The van der Waals surface area contributed by atoms with Gasteiger partial charge in [0.05, 0.1) is 6.61 Å². The maximum Gasteiger partial charge on any atom is 0.342 e. The van der Waals surface area contributed by atoms with Gasteiger partial charge in [0.15, 0.2) is 0 Å². The molecule has 0 bridgehead atoms. The second-order valence-electron chi connectivity index (χ2n) is 4.95. The van der Waals surface area contributed by atoms with E-state index >= 15 is 0 Å². The molecule has 0 aliphatic rings. The number of phenols is 1. The molecule has 0 saturated carbocycles. The third-order valence-electron chi connectivity index (χ3n) is 3.59. The highest BCUT2D eigenvalue weighted by Crippen LogP contribution is 2.36. The van der Waals surface area contributed by atoms with Gasteiger partial charge in [0.25, 0.3) is 0 Å². The summed E-state index contributed by atoms with van der Waals surface area (Å²) in [6, 6.07) is 19.0.